The number of hydrogen-bond donors (Lipinski definition) is 1. The summed E-state index contributed by atoms with van der Waals surface area (Å²) < 4.78 is 1.93. The largest absolute Gasteiger partial charge is 0.374 e. The smallest absolute Gasteiger partial charge is 0.162 e. The average molecular weight is 289 g/mol. The van der Waals surface area contributed by atoms with Crippen molar-refractivity contribution < 1.29 is 5.11 Å². The van der Waals surface area contributed by atoms with Gasteiger partial charge in [-0.15, -0.1) is 5.10 Å². The zero-order chi connectivity index (χ0) is 14.7. The van der Waals surface area contributed by atoms with E-state index in [0.29, 0.717) is 5.69 Å². The number of rotatable bonds is 1. The molecule has 108 valence electrons. The number of fused-ring (bicyclic) bond motifs is 4. The van der Waals surface area contributed by atoms with E-state index in [4.69, 9.17) is 0 Å². The van der Waals surface area contributed by atoms with Crippen molar-refractivity contribution in [3.63, 3.8) is 0 Å². The molecule has 3 aromatic rings. The minimum Gasteiger partial charge on any atom is -0.374 e. The standard InChI is InChI=1S/C18H15N3O/c22-18(17-16-10-5-11-21(16)20-19-17)14-8-3-1-6-12(14)13-7-2-4-9-15(13)18/h1-4,6-9,22H,5,10-11H2. The van der Waals surface area contributed by atoms with Crippen LogP contribution in [0.25, 0.3) is 11.1 Å². The molecule has 22 heavy (non-hydrogen) atoms. The lowest BCUT2D eigenvalue weighted by Crippen LogP contribution is -2.28. The first kappa shape index (κ1) is 12.1. The molecule has 4 heteroatoms. The Hall–Kier alpha value is -2.46. The van der Waals surface area contributed by atoms with Crippen molar-refractivity contribution in [3.8, 4) is 11.1 Å². The van der Waals surface area contributed by atoms with Crippen LogP contribution in [-0.2, 0) is 18.6 Å². The summed E-state index contributed by atoms with van der Waals surface area (Å²) in [5, 5.41) is 20.3. The topological polar surface area (TPSA) is 50.9 Å². The number of nitrogens with zero attached hydrogens (tertiary/aromatic N) is 3. The van der Waals surface area contributed by atoms with Crippen molar-refractivity contribution in [2.24, 2.45) is 0 Å². The Morgan fingerprint density at radius 1 is 0.955 bits per heavy atom. The van der Waals surface area contributed by atoms with Gasteiger partial charge in [0.15, 0.2) is 5.60 Å². The molecule has 0 unspecified atom stereocenters. The molecule has 5 rings (SSSR count). The molecule has 1 aliphatic carbocycles. The summed E-state index contributed by atoms with van der Waals surface area (Å²) in [5.74, 6) is 0. The molecule has 4 nitrogen and oxygen atoms in total. The molecule has 0 radical (unpaired) electrons. The molecule has 1 N–H and O–H groups in total. The number of hydrogen-bond acceptors (Lipinski definition) is 3. The second-order valence-electron chi connectivity index (χ2n) is 6.01. The van der Waals surface area contributed by atoms with Crippen molar-refractivity contribution >= 4 is 0 Å². The van der Waals surface area contributed by atoms with Gasteiger partial charge in [0.1, 0.15) is 5.69 Å². The van der Waals surface area contributed by atoms with Gasteiger partial charge in [-0.1, -0.05) is 53.7 Å². The monoisotopic (exact) mass is 289 g/mol. The second-order valence-corrected chi connectivity index (χ2v) is 6.01. The number of aliphatic hydroxyl groups is 1. The minimum absolute atomic E-state index is 0.697. The minimum atomic E-state index is -1.19. The molecule has 0 atom stereocenters. The normalized spacial score (nSPS) is 17.1. The van der Waals surface area contributed by atoms with Crippen molar-refractivity contribution in [2.45, 2.75) is 25.0 Å². The molecular formula is C18H15N3O. The number of benzene rings is 2. The van der Waals surface area contributed by atoms with Crippen LogP contribution in [0.1, 0.15) is 28.9 Å². The van der Waals surface area contributed by atoms with E-state index in [1.807, 2.05) is 41.1 Å². The van der Waals surface area contributed by atoms with E-state index in [-0.39, 0.29) is 0 Å². The van der Waals surface area contributed by atoms with Gasteiger partial charge in [0.2, 0.25) is 0 Å². The first-order chi connectivity index (χ1) is 10.8. The van der Waals surface area contributed by atoms with Gasteiger partial charge in [-0.3, -0.25) is 0 Å². The molecule has 0 spiro atoms. The van der Waals surface area contributed by atoms with E-state index >= 15 is 0 Å². The lowest BCUT2D eigenvalue weighted by atomic mass is 9.86. The molecule has 0 saturated carbocycles. The van der Waals surface area contributed by atoms with Crippen LogP contribution >= 0.6 is 0 Å². The van der Waals surface area contributed by atoms with Gasteiger partial charge < -0.3 is 5.11 Å². The summed E-state index contributed by atoms with van der Waals surface area (Å²) in [6.07, 6.45) is 1.99. The van der Waals surface area contributed by atoms with E-state index in [0.717, 1.165) is 47.3 Å². The maximum absolute atomic E-state index is 11.7. The van der Waals surface area contributed by atoms with Crippen LogP contribution < -0.4 is 0 Å². The van der Waals surface area contributed by atoms with Crippen LogP contribution in [0.2, 0.25) is 0 Å². The lowest BCUT2D eigenvalue weighted by molar-refractivity contribution is 0.124. The highest BCUT2D eigenvalue weighted by atomic mass is 16.3. The third kappa shape index (κ3) is 1.31. The highest BCUT2D eigenvalue weighted by molar-refractivity contribution is 5.81. The summed E-state index contributed by atoms with van der Waals surface area (Å²) in [5.41, 5.74) is 4.56. The van der Waals surface area contributed by atoms with Gasteiger partial charge in [-0.05, 0) is 24.0 Å². The van der Waals surface area contributed by atoms with Gasteiger partial charge in [-0.25, -0.2) is 4.68 Å². The number of aromatic nitrogens is 3. The van der Waals surface area contributed by atoms with Gasteiger partial charge in [0.05, 0.1) is 5.69 Å². The first-order valence-corrected chi connectivity index (χ1v) is 7.65. The fourth-order valence-corrected chi connectivity index (χ4v) is 3.90. The molecule has 2 aliphatic rings. The molecule has 0 bridgehead atoms. The molecule has 0 saturated heterocycles. The predicted molar refractivity (Wildman–Crippen MR) is 82.3 cm³/mol. The SMILES string of the molecule is OC1(c2nnn3c2CCC3)c2ccccc2-c2ccccc21. The summed E-state index contributed by atoms with van der Waals surface area (Å²) in [4.78, 5) is 0. The van der Waals surface area contributed by atoms with Crippen LogP contribution in [0.3, 0.4) is 0 Å². The fourth-order valence-electron chi connectivity index (χ4n) is 3.90. The third-order valence-electron chi connectivity index (χ3n) is 4.89. The maximum Gasteiger partial charge on any atom is 0.162 e. The van der Waals surface area contributed by atoms with Crippen molar-refractivity contribution in [1.29, 1.82) is 0 Å². The maximum atomic E-state index is 11.7. The van der Waals surface area contributed by atoms with Crippen LogP contribution in [0.15, 0.2) is 48.5 Å². The predicted octanol–water partition coefficient (Wildman–Crippen LogP) is 2.49. The molecular weight excluding hydrogens is 274 g/mol. The van der Waals surface area contributed by atoms with Gasteiger partial charge in [-0.2, -0.15) is 0 Å². The summed E-state index contributed by atoms with van der Waals surface area (Å²) in [6, 6.07) is 16.1. The van der Waals surface area contributed by atoms with Gasteiger partial charge >= 0.3 is 0 Å². The van der Waals surface area contributed by atoms with Gasteiger partial charge in [0, 0.05) is 17.7 Å². The van der Waals surface area contributed by atoms with E-state index in [2.05, 4.69) is 22.4 Å². The van der Waals surface area contributed by atoms with Crippen LogP contribution in [0.4, 0.5) is 0 Å². The molecule has 1 aliphatic heterocycles. The lowest BCUT2D eigenvalue weighted by Gasteiger charge is -2.24. The molecule has 0 fully saturated rings. The van der Waals surface area contributed by atoms with Crippen LogP contribution in [-0.4, -0.2) is 20.1 Å². The Balaban J connectivity index is 1.87. The first-order valence-electron chi connectivity index (χ1n) is 7.65. The van der Waals surface area contributed by atoms with E-state index in [1.165, 1.54) is 0 Å². The van der Waals surface area contributed by atoms with E-state index in [9.17, 15) is 5.11 Å². The zero-order valence-electron chi connectivity index (χ0n) is 12.0. The Kier molecular flexibility index (Phi) is 2.23. The third-order valence-corrected chi connectivity index (χ3v) is 4.89. The highest BCUT2D eigenvalue weighted by Gasteiger charge is 2.47. The Labute approximate surface area is 128 Å². The summed E-state index contributed by atoms with van der Waals surface area (Å²) in [6.45, 7) is 0.891. The fraction of sp³-hybridized carbons (Fsp3) is 0.222. The van der Waals surface area contributed by atoms with Gasteiger partial charge in [0.25, 0.3) is 0 Å². The van der Waals surface area contributed by atoms with Crippen molar-refractivity contribution in [3.05, 3.63) is 71.0 Å². The quantitative estimate of drug-likeness (QED) is 0.749. The molecule has 0 amide bonds. The van der Waals surface area contributed by atoms with Crippen molar-refractivity contribution in [1.82, 2.24) is 15.0 Å². The zero-order valence-corrected chi connectivity index (χ0v) is 12.0. The highest BCUT2D eigenvalue weighted by Crippen LogP contribution is 2.51. The van der Waals surface area contributed by atoms with E-state index in [1.54, 1.807) is 0 Å². The molecule has 1 aromatic heterocycles. The number of aryl methyl sites for hydroxylation is 1. The average Bonchev–Trinajstić information content (AvgIpc) is 3.22. The van der Waals surface area contributed by atoms with Crippen LogP contribution in [0, 0.1) is 0 Å². The van der Waals surface area contributed by atoms with E-state index < -0.39 is 5.60 Å². The Morgan fingerprint density at radius 2 is 1.59 bits per heavy atom. The van der Waals surface area contributed by atoms with Crippen molar-refractivity contribution in [2.75, 3.05) is 0 Å². The van der Waals surface area contributed by atoms with Crippen LogP contribution in [0.5, 0.6) is 0 Å². The summed E-state index contributed by atoms with van der Waals surface area (Å²) >= 11 is 0. The molecule has 2 aromatic carbocycles. The second kappa shape index (κ2) is 4.05. The Bertz CT molecular complexity index is 851. The molecule has 2 heterocycles. The summed E-state index contributed by atoms with van der Waals surface area (Å²) in [7, 11) is 0. The Morgan fingerprint density at radius 3 is 2.27 bits per heavy atom.